The summed E-state index contributed by atoms with van der Waals surface area (Å²) in [4.78, 5) is 25.4. The van der Waals surface area contributed by atoms with Crippen molar-refractivity contribution in [2.24, 2.45) is 0 Å². The van der Waals surface area contributed by atoms with E-state index in [1.807, 2.05) is 0 Å². The van der Waals surface area contributed by atoms with Crippen LogP contribution in [0.25, 0.3) is 0 Å². The Labute approximate surface area is 191 Å². The lowest BCUT2D eigenvalue weighted by molar-refractivity contribution is -0.135. The Bertz CT molecular complexity index is 1360. The molecule has 0 aliphatic carbocycles. The SMILES string of the molecule is O=C1C[C@H](c2ccc(O)c(O)c2)c2c(cc(O)c3c2O[C@H](c2ccc(O)c(O)c2)[C@H](O)C3=O)O1. The molecule has 2 aliphatic rings. The molecule has 0 amide bonds. The number of rotatable bonds is 2. The maximum atomic E-state index is 13.1. The van der Waals surface area contributed by atoms with Gasteiger partial charge in [0.25, 0.3) is 0 Å². The fraction of sp³-hybridized carbons (Fsp3) is 0.167. The van der Waals surface area contributed by atoms with E-state index in [4.69, 9.17) is 9.47 Å². The van der Waals surface area contributed by atoms with Gasteiger partial charge in [0.2, 0.25) is 5.78 Å². The second kappa shape index (κ2) is 7.56. The van der Waals surface area contributed by atoms with Gasteiger partial charge in [0.15, 0.2) is 35.2 Å². The smallest absolute Gasteiger partial charge is 0.312 e. The topological polar surface area (TPSA) is 174 Å². The molecule has 3 atom stereocenters. The van der Waals surface area contributed by atoms with Gasteiger partial charge in [-0.2, -0.15) is 0 Å². The van der Waals surface area contributed by atoms with E-state index in [-0.39, 0.29) is 40.4 Å². The number of fused-ring (bicyclic) bond motifs is 3. The predicted octanol–water partition coefficient (Wildman–Crippen LogP) is 2.33. The highest BCUT2D eigenvalue weighted by atomic mass is 16.5. The second-order valence-electron chi connectivity index (χ2n) is 8.09. The molecule has 5 rings (SSSR count). The van der Waals surface area contributed by atoms with Crippen LogP contribution in [0.5, 0.6) is 40.2 Å². The number of carbonyl (C=O) groups is 2. The number of carbonyl (C=O) groups excluding carboxylic acids is 2. The van der Waals surface area contributed by atoms with E-state index >= 15 is 0 Å². The zero-order valence-corrected chi connectivity index (χ0v) is 17.3. The highest BCUT2D eigenvalue weighted by molar-refractivity contribution is 6.06. The Morgan fingerprint density at radius 2 is 1.38 bits per heavy atom. The Morgan fingerprint density at radius 3 is 2.03 bits per heavy atom. The average Bonchev–Trinajstić information content (AvgIpc) is 2.78. The number of phenolic OH excluding ortho intramolecular Hbond substituents is 5. The number of aliphatic hydroxyl groups excluding tert-OH is 1. The molecule has 2 heterocycles. The van der Waals surface area contributed by atoms with Gasteiger partial charge in [-0.3, -0.25) is 9.59 Å². The average molecular weight is 466 g/mol. The summed E-state index contributed by atoms with van der Waals surface area (Å²) in [6, 6.07) is 8.72. The van der Waals surface area contributed by atoms with Gasteiger partial charge in [-0.15, -0.1) is 0 Å². The van der Waals surface area contributed by atoms with Gasteiger partial charge < -0.3 is 40.1 Å². The summed E-state index contributed by atoms with van der Waals surface area (Å²) in [5.74, 6) is -4.72. The van der Waals surface area contributed by atoms with Crippen LogP contribution in [-0.2, 0) is 4.79 Å². The Kier molecular flexibility index (Phi) is 4.76. The molecule has 10 nitrogen and oxygen atoms in total. The molecule has 10 heteroatoms. The lowest BCUT2D eigenvalue weighted by Gasteiger charge is -2.35. The second-order valence-corrected chi connectivity index (χ2v) is 8.09. The van der Waals surface area contributed by atoms with Gasteiger partial charge in [0.1, 0.15) is 22.8 Å². The van der Waals surface area contributed by atoms with Crippen LogP contribution in [0.1, 0.15) is 45.5 Å². The number of benzene rings is 3. The predicted molar refractivity (Wildman–Crippen MR) is 113 cm³/mol. The van der Waals surface area contributed by atoms with Crippen LogP contribution in [0, 0.1) is 0 Å². The minimum absolute atomic E-state index is 0.0680. The van der Waals surface area contributed by atoms with Crippen molar-refractivity contribution in [3.8, 4) is 40.2 Å². The van der Waals surface area contributed by atoms with Crippen LogP contribution in [-0.4, -0.2) is 48.5 Å². The Morgan fingerprint density at radius 1 is 0.765 bits per heavy atom. The van der Waals surface area contributed by atoms with Crippen LogP contribution >= 0.6 is 0 Å². The van der Waals surface area contributed by atoms with Crippen LogP contribution < -0.4 is 9.47 Å². The van der Waals surface area contributed by atoms with Gasteiger partial charge >= 0.3 is 5.97 Å². The molecular formula is C24H18O10. The summed E-state index contributed by atoms with van der Waals surface area (Å²) in [6.07, 6.45) is -3.26. The lowest BCUT2D eigenvalue weighted by Crippen LogP contribution is -2.37. The van der Waals surface area contributed by atoms with Gasteiger partial charge in [0, 0.05) is 17.5 Å². The first-order valence-corrected chi connectivity index (χ1v) is 10.2. The van der Waals surface area contributed by atoms with Crippen molar-refractivity contribution >= 4 is 11.8 Å². The Balaban J connectivity index is 1.71. The van der Waals surface area contributed by atoms with Crippen molar-refractivity contribution in [2.45, 2.75) is 24.5 Å². The first-order chi connectivity index (χ1) is 16.2. The molecule has 0 saturated heterocycles. The van der Waals surface area contributed by atoms with E-state index in [0.29, 0.717) is 5.56 Å². The fourth-order valence-electron chi connectivity index (χ4n) is 4.33. The molecule has 6 N–H and O–H groups in total. The number of hydrogen-bond acceptors (Lipinski definition) is 10. The number of aromatic hydroxyl groups is 5. The minimum atomic E-state index is -1.75. The van der Waals surface area contributed by atoms with E-state index in [2.05, 4.69) is 0 Å². The highest BCUT2D eigenvalue weighted by Gasteiger charge is 2.44. The van der Waals surface area contributed by atoms with Crippen molar-refractivity contribution in [2.75, 3.05) is 0 Å². The largest absolute Gasteiger partial charge is 0.507 e. The molecule has 174 valence electrons. The summed E-state index contributed by atoms with van der Waals surface area (Å²) >= 11 is 0. The molecule has 0 aromatic heterocycles. The van der Waals surface area contributed by atoms with Crippen molar-refractivity contribution in [3.05, 3.63) is 64.7 Å². The number of aliphatic hydroxyl groups is 1. The number of hydrogen-bond donors (Lipinski definition) is 6. The molecule has 0 saturated carbocycles. The molecule has 0 bridgehead atoms. The number of esters is 1. The monoisotopic (exact) mass is 466 g/mol. The maximum absolute atomic E-state index is 13.1. The molecule has 0 radical (unpaired) electrons. The third kappa shape index (κ3) is 3.23. The molecule has 0 spiro atoms. The van der Waals surface area contributed by atoms with E-state index in [0.717, 1.165) is 12.1 Å². The van der Waals surface area contributed by atoms with Gasteiger partial charge in [0.05, 0.1) is 6.42 Å². The van der Waals surface area contributed by atoms with Gasteiger partial charge in [-0.1, -0.05) is 12.1 Å². The Hall–Kier alpha value is -4.44. The van der Waals surface area contributed by atoms with Crippen LogP contribution in [0.15, 0.2) is 42.5 Å². The van der Waals surface area contributed by atoms with E-state index in [9.17, 15) is 40.2 Å². The molecule has 0 fully saturated rings. The van der Waals surface area contributed by atoms with Gasteiger partial charge in [-0.25, -0.2) is 0 Å². The number of ether oxygens (including phenoxy) is 2. The summed E-state index contributed by atoms with van der Waals surface area (Å²) in [5, 5.41) is 60.3. The minimum Gasteiger partial charge on any atom is -0.507 e. The number of Topliss-reactive ketones (excluding diaryl/α,β-unsaturated/α-hetero) is 1. The lowest BCUT2D eigenvalue weighted by atomic mass is 9.82. The summed E-state index contributed by atoms with van der Waals surface area (Å²) in [6.45, 7) is 0. The van der Waals surface area contributed by atoms with Crippen molar-refractivity contribution in [3.63, 3.8) is 0 Å². The van der Waals surface area contributed by atoms with Crippen molar-refractivity contribution < 1.29 is 49.7 Å². The first kappa shape index (κ1) is 21.4. The zero-order valence-electron chi connectivity index (χ0n) is 17.3. The van der Waals surface area contributed by atoms with Crippen LogP contribution in [0.3, 0.4) is 0 Å². The van der Waals surface area contributed by atoms with Crippen molar-refractivity contribution in [1.29, 1.82) is 0 Å². The third-order valence-corrected chi connectivity index (χ3v) is 5.98. The number of ketones is 1. The standard InChI is InChI=1S/C24H18O10/c25-12-3-1-9(5-14(12)27)11-7-18(30)33-17-8-16(29)20-21(31)22(32)23(34-24(20)19(11)17)10-2-4-13(26)15(28)6-10/h1-6,8,11,22-23,25-29,32H,7H2/t11-,22-,23-/m1/s1. The van der Waals surface area contributed by atoms with Crippen LogP contribution in [0.2, 0.25) is 0 Å². The molecule has 2 aliphatic heterocycles. The third-order valence-electron chi connectivity index (χ3n) is 5.98. The van der Waals surface area contributed by atoms with Crippen LogP contribution in [0.4, 0.5) is 0 Å². The highest BCUT2D eigenvalue weighted by Crippen LogP contribution is 2.52. The fourth-order valence-corrected chi connectivity index (χ4v) is 4.33. The molecular weight excluding hydrogens is 448 g/mol. The maximum Gasteiger partial charge on any atom is 0.312 e. The molecule has 3 aromatic rings. The summed E-state index contributed by atoms with van der Waals surface area (Å²) in [7, 11) is 0. The zero-order chi connectivity index (χ0) is 24.3. The summed E-state index contributed by atoms with van der Waals surface area (Å²) in [5.41, 5.74) is 0.495. The quantitative estimate of drug-likeness (QED) is 0.187. The van der Waals surface area contributed by atoms with Gasteiger partial charge in [-0.05, 0) is 35.4 Å². The number of phenols is 5. The summed E-state index contributed by atoms with van der Waals surface area (Å²) < 4.78 is 11.3. The normalized spacial score (nSPS) is 21.3. The molecule has 3 aromatic carbocycles. The first-order valence-electron chi connectivity index (χ1n) is 10.2. The van der Waals surface area contributed by atoms with E-state index < -0.39 is 52.9 Å². The van der Waals surface area contributed by atoms with E-state index in [1.165, 1.54) is 30.3 Å². The van der Waals surface area contributed by atoms with E-state index in [1.54, 1.807) is 0 Å². The molecule has 0 unspecified atom stereocenters. The van der Waals surface area contributed by atoms with Crippen molar-refractivity contribution in [1.82, 2.24) is 0 Å². The molecule has 34 heavy (non-hydrogen) atoms.